The van der Waals surface area contributed by atoms with E-state index < -0.39 is 36.7 Å². The third kappa shape index (κ3) is 1.78. The largest absolute Gasteiger partial charge is 0.394 e. The van der Waals surface area contributed by atoms with Gasteiger partial charge in [-0.1, -0.05) is 0 Å². The Morgan fingerprint density at radius 3 is 2.85 bits per heavy atom. The molecule has 1 saturated heterocycles. The number of hydrogen-bond donors (Lipinski definition) is 5. The molecule has 0 radical (unpaired) electrons. The van der Waals surface area contributed by atoms with Gasteiger partial charge < -0.3 is 25.8 Å². The molecule has 1 aliphatic heterocycles. The first kappa shape index (κ1) is 13.0. The number of H-pyrrole nitrogens is 1. The number of anilines is 1. The molecular formula is C10H13N5O5. The molecule has 3 rings (SSSR count). The van der Waals surface area contributed by atoms with Crippen LogP contribution in [0.2, 0.25) is 0 Å². The molecule has 2 aromatic heterocycles. The van der Waals surface area contributed by atoms with Crippen LogP contribution in [0.3, 0.4) is 0 Å². The van der Waals surface area contributed by atoms with Crippen molar-refractivity contribution in [2.75, 3.05) is 12.3 Å². The third-order valence-electron chi connectivity index (χ3n) is 3.24. The van der Waals surface area contributed by atoms with Gasteiger partial charge in [0.1, 0.15) is 18.3 Å². The number of nitrogen functional groups attached to an aromatic ring is 1. The van der Waals surface area contributed by atoms with Gasteiger partial charge in [0.15, 0.2) is 17.4 Å². The molecule has 0 amide bonds. The Balaban J connectivity index is 2.09. The number of nitrogens with zero attached hydrogens (tertiary/aromatic N) is 3. The van der Waals surface area contributed by atoms with E-state index in [9.17, 15) is 15.0 Å². The summed E-state index contributed by atoms with van der Waals surface area (Å²) in [4.78, 5) is 21.8. The van der Waals surface area contributed by atoms with Gasteiger partial charge in [0.2, 0.25) is 5.95 Å². The Bertz CT molecular complexity index is 697. The molecule has 0 bridgehead atoms. The molecule has 108 valence electrons. The van der Waals surface area contributed by atoms with Crippen LogP contribution >= 0.6 is 0 Å². The maximum absolute atomic E-state index is 11.7. The van der Waals surface area contributed by atoms with Gasteiger partial charge >= 0.3 is 0 Å². The summed E-state index contributed by atoms with van der Waals surface area (Å²) in [5.41, 5.74) is 5.12. The van der Waals surface area contributed by atoms with Crippen molar-refractivity contribution in [2.24, 2.45) is 0 Å². The number of aliphatic hydroxyl groups is 3. The van der Waals surface area contributed by atoms with Gasteiger partial charge in [-0.15, -0.1) is 0 Å². The second-order valence-corrected chi connectivity index (χ2v) is 4.50. The lowest BCUT2D eigenvalue weighted by Crippen LogP contribution is -2.33. The predicted octanol–water partition coefficient (Wildman–Crippen LogP) is -2.69. The van der Waals surface area contributed by atoms with Crippen molar-refractivity contribution in [2.45, 2.75) is 24.5 Å². The van der Waals surface area contributed by atoms with Crippen LogP contribution in [-0.4, -0.2) is 59.8 Å². The van der Waals surface area contributed by atoms with Crippen molar-refractivity contribution in [3.63, 3.8) is 0 Å². The summed E-state index contributed by atoms with van der Waals surface area (Å²) in [6, 6.07) is 0. The first-order valence-electron chi connectivity index (χ1n) is 5.87. The molecule has 1 fully saturated rings. The van der Waals surface area contributed by atoms with Crippen LogP contribution in [0.5, 0.6) is 0 Å². The highest BCUT2D eigenvalue weighted by Crippen LogP contribution is 2.30. The number of ether oxygens (including phenoxy) is 1. The fraction of sp³-hybridized carbons (Fsp3) is 0.500. The van der Waals surface area contributed by atoms with Gasteiger partial charge in [0, 0.05) is 0 Å². The highest BCUT2D eigenvalue weighted by Gasteiger charge is 2.44. The van der Waals surface area contributed by atoms with Crippen LogP contribution in [0.1, 0.15) is 6.23 Å². The Labute approximate surface area is 111 Å². The number of aliphatic hydroxyl groups excluding tert-OH is 3. The van der Waals surface area contributed by atoms with Crippen LogP contribution in [0.25, 0.3) is 11.2 Å². The fourth-order valence-electron chi connectivity index (χ4n) is 2.24. The highest BCUT2D eigenvalue weighted by molar-refractivity contribution is 5.70. The fourth-order valence-corrected chi connectivity index (χ4v) is 2.24. The molecule has 0 unspecified atom stereocenters. The van der Waals surface area contributed by atoms with Crippen molar-refractivity contribution in [1.29, 1.82) is 0 Å². The van der Waals surface area contributed by atoms with Gasteiger partial charge in [-0.05, 0) is 0 Å². The molecule has 20 heavy (non-hydrogen) atoms. The summed E-state index contributed by atoms with van der Waals surface area (Å²) in [7, 11) is 0. The molecular weight excluding hydrogens is 275 g/mol. The lowest BCUT2D eigenvalue weighted by atomic mass is 10.5. The minimum atomic E-state index is -1.29. The van der Waals surface area contributed by atoms with Crippen molar-refractivity contribution in [3.8, 4) is 0 Å². The van der Waals surface area contributed by atoms with Gasteiger partial charge in [-0.3, -0.25) is 14.3 Å². The number of aromatic nitrogens is 4. The lowest BCUT2D eigenvalue weighted by molar-refractivity contribution is -0.0511. The summed E-state index contributed by atoms with van der Waals surface area (Å²) in [5, 5.41) is 28.7. The second kappa shape index (κ2) is 4.52. The zero-order chi connectivity index (χ0) is 14.4. The topological polar surface area (TPSA) is 160 Å². The van der Waals surface area contributed by atoms with Crippen LogP contribution in [-0.2, 0) is 4.74 Å². The first-order chi connectivity index (χ1) is 9.52. The number of nitrogens with two attached hydrogens (primary N) is 1. The van der Waals surface area contributed by atoms with E-state index in [1.807, 2.05) is 0 Å². The Kier molecular flexibility index (Phi) is 2.94. The monoisotopic (exact) mass is 288 g/mol. The molecule has 2 aromatic rings. The molecule has 0 saturated carbocycles. The van der Waals surface area contributed by atoms with Gasteiger partial charge in [0.05, 0.1) is 12.9 Å². The maximum Gasteiger partial charge on any atom is 0.280 e. The van der Waals surface area contributed by atoms with Crippen molar-refractivity contribution in [3.05, 3.63) is 16.7 Å². The molecule has 10 heteroatoms. The van der Waals surface area contributed by atoms with Crippen molar-refractivity contribution < 1.29 is 20.1 Å². The van der Waals surface area contributed by atoms with E-state index in [4.69, 9.17) is 15.6 Å². The summed E-state index contributed by atoms with van der Waals surface area (Å²) < 4.78 is 6.64. The Hall–Kier alpha value is -2.01. The third-order valence-corrected chi connectivity index (χ3v) is 3.24. The highest BCUT2D eigenvalue weighted by atomic mass is 16.8. The van der Waals surface area contributed by atoms with Crippen LogP contribution in [0.4, 0.5) is 5.95 Å². The number of hydrogen-bond acceptors (Lipinski definition) is 8. The van der Waals surface area contributed by atoms with Crippen molar-refractivity contribution in [1.82, 2.24) is 19.5 Å². The standard InChI is InChI=1S/C10H13N5O5/c11-10-13-7-4(8(19)14-10)12-2-15(7)9-6(18)5(17)3(1-16)20-9/h2-3,5-6,9,16-18H,1H2,(H3,11,13,14,19)/t3-,5-,6-,9-/m1/s1/i1+1,3+1,5+1,6+1,9+1. The summed E-state index contributed by atoms with van der Waals surface area (Å²) in [6.45, 7) is -0.447. The quantitative estimate of drug-likeness (QED) is 0.373. The smallest absolute Gasteiger partial charge is 0.280 e. The molecule has 6 N–H and O–H groups in total. The minimum absolute atomic E-state index is 0.0388. The minimum Gasteiger partial charge on any atom is -0.394 e. The number of nitrogens with one attached hydrogen (secondary N) is 1. The maximum atomic E-state index is 11.7. The van der Waals surface area contributed by atoms with E-state index in [1.54, 1.807) is 0 Å². The van der Waals surface area contributed by atoms with E-state index in [0.717, 1.165) is 0 Å². The van der Waals surface area contributed by atoms with Crippen molar-refractivity contribution >= 4 is 17.1 Å². The molecule has 10 nitrogen and oxygen atoms in total. The average molecular weight is 288 g/mol. The lowest BCUT2D eigenvalue weighted by Gasteiger charge is -2.16. The summed E-state index contributed by atoms with van der Waals surface area (Å²) in [6.07, 6.45) is -3.21. The van der Waals surface area contributed by atoms with Crippen LogP contribution < -0.4 is 11.3 Å². The average Bonchev–Trinajstić information content (AvgIpc) is 2.93. The molecule has 4 atom stereocenters. The molecule has 0 aromatic carbocycles. The van der Waals surface area contributed by atoms with E-state index in [2.05, 4.69) is 15.0 Å². The molecule has 0 spiro atoms. The Morgan fingerprint density at radius 1 is 1.45 bits per heavy atom. The molecule has 1 aliphatic rings. The second-order valence-electron chi connectivity index (χ2n) is 4.50. The van der Waals surface area contributed by atoms with E-state index in [-0.39, 0.29) is 17.1 Å². The van der Waals surface area contributed by atoms with E-state index >= 15 is 0 Å². The zero-order valence-corrected chi connectivity index (χ0v) is 10.2. The van der Waals surface area contributed by atoms with E-state index in [0.29, 0.717) is 0 Å². The number of aromatic amines is 1. The van der Waals surface area contributed by atoms with Gasteiger partial charge in [-0.25, -0.2) is 4.98 Å². The molecule has 3 heterocycles. The normalized spacial score (nSPS) is 30.1. The van der Waals surface area contributed by atoms with Crippen LogP contribution in [0, 0.1) is 0 Å². The summed E-state index contributed by atoms with van der Waals surface area (Å²) in [5.74, 6) is -0.101. The van der Waals surface area contributed by atoms with E-state index in [1.165, 1.54) is 10.9 Å². The summed E-state index contributed by atoms with van der Waals surface area (Å²) >= 11 is 0. The Morgan fingerprint density at radius 2 is 2.20 bits per heavy atom. The number of fused-ring (bicyclic) bond motifs is 1. The number of imidazole rings is 1. The van der Waals surface area contributed by atoms with Crippen LogP contribution in [0.15, 0.2) is 11.1 Å². The van der Waals surface area contributed by atoms with Gasteiger partial charge in [-0.2, -0.15) is 4.98 Å². The zero-order valence-electron chi connectivity index (χ0n) is 10.2. The molecule has 0 aliphatic carbocycles. The van der Waals surface area contributed by atoms with Gasteiger partial charge in [0.25, 0.3) is 5.56 Å². The number of rotatable bonds is 2. The predicted molar refractivity (Wildman–Crippen MR) is 65.6 cm³/mol. The SMILES string of the molecule is Nc1nc2c(ncn2[13C@@H]2O[13C@H]([13CH2]O)[13C@@H](O)[13C@H]2O)c(=O)[nH]1. The first-order valence-corrected chi connectivity index (χ1v) is 5.87.